The van der Waals surface area contributed by atoms with Crippen molar-refractivity contribution in [2.75, 3.05) is 33.0 Å². The van der Waals surface area contributed by atoms with Crippen molar-refractivity contribution in [3.05, 3.63) is 0 Å². The molecule has 102 valence electrons. The summed E-state index contributed by atoms with van der Waals surface area (Å²) in [5, 5.41) is 0. The highest BCUT2D eigenvalue weighted by atomic mass is 16.5. The van der Waals surface area contributed by atoms with Crippen LogP contribution in [0.15, 0.2) is 0 Å². The second-order valence-corrected chi connectivity index (χ2v) is 4.92. The molecule has 1 saturated carbocycles. The van der Waals surface area contributed by atoms with E-state index in [2.05, 4.69) is 6.92 Å². The van der Waals surface area contributed by atoms with Crippen LogP contribution in [0.25, 0.3) is 0 Å². The number of hydrogen-bond acceptors (Lipinski definition) is 3. The Morgan fingerprint density at radius 1 is 0.882 bits per heavy atom. The van der Waals surface area contributed by atoms with Crippen molar-refractivity contribution < 1.29 is 14.2 Å². The molecule has 3 heteroatoms. The fourth-order valence-corrected chi connectivity index (χ4v) is 2.17. The van der Waals surface area contributed by atoms with Crippen molar-refractivity contribution in [1.82, 2.24) is 0 Å². The van der Waals surface area contributed by atoms with Gasteiger partial charge in [0.15, 0.2) is 0 Å². The van der Waals surface area contributed by atoms with Crippen LogP contribution >= 0.6 is 0 Å². The normalized spacial score (nSPS) is 25.1. The Balaban J connectivity index is 1.81. The van der Waals surface area contributed by atoms with Gasteiger partial charge in [0.25, 0.3) is 0 Å². The fraction of sp³-hybridized carbons (Fsp3) is 1.00. The highest BCUT2D eigenvalue weighted by molar-refractivity contribution is 4.69. The lowest BCUT2D eigenvalue weighted by Crippen LogP contribution is -2.21. The Labute approximate surface area is 106 Å². The average Bonchev–Trinajstić information content (AvgIpc) is 2.35. The first-order valence-corrected chi connectivity index (χ1v) is 7.10. The van der Waals surface area contributed by atoms with E-state index in [-0.39, 0.29) is 0 Å². The van der Waals surface area contributed by atoms with Gasteiger partial charge in [0.2, 0.25) is 0 Å². The molecule has 1 aliphatic carbocycles. The zero-order valence-electron chi connectivity index (χ0n) is 11.5. The van der Waals surface area contributed by atoms with Crippen LogP contribution in [0.1, 0.15) is 46.0 Å². The van der Waals surface area contributed by atoms with Gasteiger partial charge in [0, 0.05) is 19.8 Å². The molecule has 1 fully saturated rings. The third-order valence-corrected chi connectivity index (χ3v) is 3.33. The van der Waals surface area contributed by atoms with Gasteiger partial charge in [-0.3, -0.25) is 0 Å². The van der Waals surface area contributed by atoms with Crippen molar-refractivity contribution in [3.8, 4) is 0 Å². The largest absolute Gasteiger partial charge is 0.379 e. The Kier molecular flexibility index (Phi) is 8.67. The molecule has 0 aliphatic heterocycles. The van der Waals surface area contributed by atoms with Crippen molar-refractivity contribution in [1.29, 1.82) is 0 Å². The van der Waals surface area contributed by atoms with E-state index in [0.717, 1.165) is 32.2 Å². The molecule has 3 nitrogen and oxygen atoms in total. The van der Waals surface area contributed by atoms with E-state index in [1.165, 1.54) is 25.7 Å². The van der Waals surface area contributed by atoms with Gasteiger partial charge in [0.1, 0.15) is 0 Å². The molecule has 1 rings (SSSR count). The maximum absolute atomic E-state index is 5.85. The van der Waals surface area contributed by atoms with Crippen LogP contribution < -0.4 is 0 Å². The fourth-order valence-electron chi connectivity index (χ4n) is 2.17. The van der Waals surface area contributed by atoms with Crippen LogP contribution in [-0.4, -0.2) is 39.1 Å². The first-order valence-electron chi connectivity index (χ1n) is 7.10. The summed E-state index contributed by atoms with van der Waals surface area (Å²) >= 11 is 0. The average molecular weight is 244 g/mol. The molecule has 0 aromatic carbocycles. The summed E-state index contributed by atoms with van der Waals surface area (Å²) in [7, 11) is 0. The lowest BCUT2D eigenvalue weighted by molar-refractivity contribution is 0.000552. The maximum atomic E-state index is 5.85. The standard InChI is InChI=1S/C14H28O3/c1-3-15-11-12-16-9-4-10-17-14-7-5-13(2)6-8-14/h13-14H,3-12H2,1-2H3. The smallest absolute Gasteiger partial charge is 0.0700 e. The summed E-state index contributed by atoms with van der Waals surface area (Å²) in [5.41, 5.74) is 0. The summed E-state index contributed by atoms with van der Waals surface area (Å²) in [6, 6.07) is 0. The molecule has 0 unspecified atom stereocenters. The minimum Gasteiger partial charge on any atom is -0.379 e. The zero-order valence-corrected chi connectivity index (χ0v) is 11.5. The van der Waals surface area contributed by atoms with Crippen molar-refractivity contribution in [2.24, 2.45) is 5.92 Å². The molecule has 0 bridgehead atoms. The van der Waals surface area contributed by atoms with E-state index >= 15 is 0 Å². The second kappa shape index (κ2) is 9.86. The molecule has 1 aliphatic rings. The number of ether oxygens (including phenoxy) is 3. The van der Waals surface area contributed by atoms with Gasteiger partial charge in [-0.15, -0.1) is 0 Å². The van der Waals surface area contributed by atoms with Crippen LogP contribution in [0.4, 0.5) is 0 Å². The van der Waals surface area contributed by atoms with Gasteiger partial charge in [0.05, 0.1) is 19.3 Å². The first kappa shape index (κ1) is 14.9. The molecule has 17 heavy (non-hydrogen) atoms. The molecule has 0 amide bonds. The highest BCUT2D eigenvalue weighted by Gasteiger charge is 2.17. The highest BCUT2D eigenvalue weighted by Crippen LogP contribution is 2.25. The zero-order chi connectivity index (χ0) is 12.3. The molecule has 0 aromatic rings. The summed E-state index contributed by atoms with van der Waals surface area (Å²) in [4.78, 5) is 0. The minimum absolute atomic E-state index is 0.509. The second-order valence-electron chi connectivity index (χ2n) is 4.92. The molecular formula is C14H28O3. The van der Waals surface area contributed by atoms with Crippen LogP contribution in [0.2, 0.25) is 0 Å². The SMILES string of the molecule is CCOCCOCCCOC1CCC(C)CC1. The number of hydrogen-bond donors (Lipinski definition) is 0. The lowest BCUT2D eigenvalue weighted by atomic mass is 9.89. The van der Waals surface area contributed by atoms with Crippen LogP contribution in [0.5, 0.6) is 0 Å². The lowest BCUT2D eigenvalue weighted by Gasteiger charge is -2.26. The van der Waals surface area contributed by atoms with Crippen molar-refractivity contribution in [3.63, 3.8) is 0 Å². The third kappa shape index (κ3) is 7.74. The van der Waals surface area contributed by atoms with Gasteiger partial charge < -0.3 is 14.2 Å². The van der Waals surface area contributed by atoms with Gasteiger partial charge in [-0.2, -0.15) is 0 Å². The molecular weight excluding hydrogens is 216 g/mol. The van der Waals surface area contributed by atoms with E-state index < -0.39 is 0 Å². The predicted octanol–water partition coefficient (Wildman–Crippen LogP) is 3.02. The summed E-state index contributed by atoms with van der Waals surface area (Å²) in [6.07, 6.45) is 6.65. The Morgan fingerprint density at radius 2 is 1.59 bits per heavy atom. The molecule has 0 atom stereocenters. The van der Waals surface area contributed by atoms with Gasteiger partial charge >= 0.3 is 0 Å². The van der Waals surface area contributed by atoms with E-state index in [9.17, 15) is 0 Å². The summed E-state index contributed by atoms with van der Waals surface area (Å²) < 4.78 is 16.5. The number of rotatable bonds is 9. The maximum Gasteiger partial charge on any atom is 0.0700 e. The van der Waals surface area contributed by atoms with E-state index in [0.29, 0.717) is 19.3 Å². The van der Waals surface area contributed by atoms with Crippen LogP contribution in [0.3, 0.4) is 0 Å². The molecule has 0 radical (unpaired) electrons. The summed E-state index contributed by atoms with van der Waals surface area (Å²) in [5.74, 6) is 0.900. The Hall–Kier alpha value is -0.120. The molecule has 0 heterocycles. The molecule has 0 spiro atoms. The topological polar surface area (TPSA) is 27.7 Å². The quantitative estimate of drug-likeness (QED) is 0.583. The predicted molar refractivity (Wildman–Crippen MR) is 69.3 cm³/mol. The molecule has 0 N–H and O–H groups in total. The molecule has 0 aromatic heterocycles. The van der Waals surface area contributed by atoms with Gasteiger partial charge in [-0.25, -0.2) is 0 Å². The van der Waals surface area contributed by atoms with E-state index in [1.54, 1.807) is 0 Å². The third-order valence-electron chi connectivity index (χ3n) is 3.33. The van der Waals surface area contributed by atoms with Crippen LogP contribution in [0, 0.1) is 5.92 Å². The minimum atomic E-state index is 0.509. The monoisotopic (exact) mass is 244 g/mol. The van der Waals surface area contributed by atoms with Crippen LogP contribution in [-0.2, 0) is 14.2 Å². The summed E-state index contributed by atoms with van der Waals surface area (Å²) in [6.45, 7) is 8.14. The van der Waals surface area contributed by atoms with E-state index in [1.807, 2.05) is 6.92 Å². The Morgan fingerprint density at radius 3 is 2.29 bits per heavy atom. The molecule has 0 saturated heterocycles. The van der Waals surface area contributed by atoms with Crippen molar-refractivity contribution in [2.45, 2.75) is 52.1 Å². The Bertz CT molecular complexity index is 165. The van der Waals surface area contributed by atoms with Crippen molar-refractivity contribution >= 4 is 0 Å². The first-order chi connectivity index (χ1) is 8.33. The van der Waals surface area contributed by atoms with E-state index in [4.69, 9.17) is 14.2 Å². The van der Waals surface area contributed by atoms with Gasteiger partial charge in [-0.05, 0) is 44.9 Å². The van der Waals surface area contributed by atoms with Gasteiger partial charge in [-0.1, -0.05) is 6.92 Å².